The lowest BCUT2D eigenvalue weighted by atomic mass is 10.1. The van der Waals surface area contributed by atoms with Gasteiger partial charge in [-0.3, -0.25) is 4.79 Å². The average Bonchev–Trinajstić information content (AvgIpc) is 2.84. The summed E-state index contributed by atoms with van der Waals surface area (Å²) in [6.45, 7) is 0.298. The Bertz CT molecular complexity index is 1140. The molecule has 0 bridgehead atoms. The van der Waals surface area contributed by atoms with Crippen molar-refractivity contribution in [1.82, 2.24) is 15.3 Å². The van der Waals surface area contributed by atoms with Crippen LogP contribution in [0, 0.1) is 0 Å². The van der Waals surface area contributed by atoms with E-state index in [9.17, 15) is 4.79 Å². The molecule has 0 aliphatic heterocycles. The van der Waals surface area contributed by atoms with E-state index in [4.69, 9.17) is 9.47 Å². The molecule has 0 spiro atoms. The van der Waals surface area contributed by atoms with Crippen LogP contribution in [0.5, 0.6) is 17.2 Å². The van der Waals surface area contributed by atoms with E-state index in [-0.39, 0.29) is 5.91 Å². The molecule has 0 aliphatic carbocycles. The number of nitrogens with zero attached hydrogens (tertiary/aromatic N) is 2. The molecule has 0 saturated heterocycles. The first-order valence-electron chi connectivity index (χ1n) is 9.78. The summed E-state index contributed by atoms with van der Waals surface area (Å²) in [4.78, 5) is 21.1. The molecule has 6 nitrogen and oxygen atoms in total. The van der Waals surface area contributed by atoms with Gasteiger partial charge in [0.1, 0.15) is 23.6 Å². The van der Waals surface area contributed by atoms with Gasteiger partial charge in [-0.1, -0.05) is 18.2 Å². The van der Waals surface area contributed by atoms with Gasteiger partial charge < -0.3 is 14.8 Å². The van der Waals surface area contributed by atoms with Crippen LogP contribution in [-0.2, 0) is 6.54 Å². The fourth-order valence-corrected chi connectivity index (χ4v) is 2.99. The van der Waals surface area contributed by atoms with Crippen LogP contribution in [0.2, 0.25) is 0 Å². The first-order chi connectivity index (χ1) is 15.2. The van der Waals surface area contributed by atoms with Crippen molar-refractivity contribution in [3.05, 3.63) is 103 Å². The number of nitrogens with one attached hydrogen (secondary N) is 1. The molecule has 1 N–H and O–H groups in total. The number of amides is 1. The normalized spacial score (nSPS) is 10.4. The largest absolute Gasteiger partial charge is 0.497 e. The summed E-state index contributed by atoms with van der Waals surface area (Å²) in [5.41, 5.74) is 3.00. The number of carbonyl (C=O) groups excluding carboxylic acids is 1. The van der Waals surface area contributed by atoms with Crippen LogP contribution < -0.4 is 14.8 Å². The van der Waals surface area contributed by atoms with Crippen LogP contribution in [0.1, 0.15) is 16.1 Å². The van der Waals surface area contributed by atoms with Crippen molar-refractivity contribution in [2.45, 2.75) is 6.54 Å². The summed E-state index contributed by atoms with van der Waals surface area (Å²) in [6, 6.07) is 26.0. The zero-order valence-electron chi connectivity index (χ0n) is 17.0. The number of hydrogen-bond donors (Lipinski definition) is 1. The highest BCUT2D eigenvalue weighted by Crippen LogP contribution is 2.22. The van der Waals surface area contributed by atoms with Crippen molar-refractivity contribution in [3.8, 4) is 28.5 Å². The van der Waals surface area contributed by atoms with E-state index in [2.05, 4.69) is 15.3 Å². The monoisotopic (exact) mass is 411 g/mol. The maximum atomic E-state index is 12.5. The Balaban J connectivity index is 1.37. The number of hydrogen-bond acceptors (Lipinski definition) is 5. The molecule has 0 radical (unpaired) electrons. The number of para-hydroxylation sites is 1. The van der Waals surface area contributed by atoms with Crippen LogP contribution in [0.25, 0.3) is 11.3 Å². The first kappa shape index (κ1) is 20.1. The molecule has 154 valence electrons. The molecule has 3 aromatic carbocycles. The Labute approximate surface area is 180 Å². The molecule has 0 atom stereocenters. The minimum absolute atomic E-state index is 0.184. The summed E-state index contributed by atoms with van der Waals surface area (Å²) >= 11 is 0. The number of methoxy groups -OCH3 is 1. The maximum Gasteiger partial charge on any atom is 0.251 e. The fourth-order valence-electron chi connectivity index (χ4n) is 2.99. The van der Waals surface area contributed by atoms with Crippen molar-refractivity contribution < 1.29 is 14.3 Å². The summed E-state index contributed by atoms with van der Waals surface area (Å²) in [7, 11) is 1.63. The molecule has 0 saturated carbocycles. The molecule has 31 heavy (non-hydrogen) atoms. The number of ether oxygens (including phenoxy) is 2. The summed E-state index contributed by atoms with van der Waals surface area (Å²) in [6.07, 6.45) is 1.50. The second kappa shape index (κ2) is 9.54. The minimum Gasteiger partial charge on any atom is -0.497 e. The van der Waals surface area contributed by atoms with Crippen LogP contribution in [0.15, 0.2) is 91.3 Å². The quantitative estimate of drug-likeness (QED) is 0.469. The highest BCUT2D eigenvalue weighted by molar-refractivity contribution is 5.94. The van der Waals surface area contributed by atoms with Gasteiger partial charge in [-0.15, -0.1) is 0 Å². The van der Waals surface area contributed by atoms with Gasteiger partial charge in [-0.2, -0.15) is 0 Å². The Morgan fingerprint density at radius 3 is 2.23 bits per heavy atom. The first-order valence-corrected chi connectivity index (χ1v) is 9.78. The number of rotatable bonds is 7. The van der Waals surface area contributed by atoms with E-state index < -0.39 is 0 Å². The van der Waals surface area contributed by atoms with Gasteiger partial charge in [0.05, 0.1) is 25.0 Å². The fraction of sp³-hybridized carbons (Fsp3) is 0.0800. The van der Waals surface area contributed by atoms with E-state index >= 15 is 0 Å². The van der Waals surface area contributed by atoms with Gasteiger partial charge in [0.2, 0.25) is 0 Å². The Kier molecular flexibility index (Phi) is 6.18. The van der Waals surface area contributed by atoms with Crippen LogP contribution in [0.3, 0.4) is 0 Å². The van der Waals surface area contributed by atoms with Crippen LogP contribution >= 0.6 is 0 Å². The molecule has 0 fully saturated rings. The number of benzene rings is 3. The van der Waals surface area contributed by atoms with Crippen molar-refractivity contribution in [2.75, 3.05) is 7.11 Å². The molecule has 1 aromatic heterocycles. The predicted molar refractivity (Wildman–Crippen MR) is 118 cm³/mol. The topological polar surface area (TPSA) is 73.3 Å². The van der Waals surface area contributed by atoms with Gasteiger partial charge >= 0.3 is 0 Å². The predicted octanol–water partition coefficient (Wildman–Crippen LogP) is 4.87. The summed E-state index contributed by atoms with van der Waals surface area (Å²) in [5.74, 6) is 2.01. The summed E-state index contributed by atoms with van der Waals surface area (Å²) < 4.78 is 10.9. The molecule has 4 rings (SSSR count). The van der Waals surface area contributed by atoms with Gasteiger partial charge in [0.25, 0.3) is 5.91 Å². The average molecular weight is 411 g/mol. The molecule has 6 heteroatoms. The highest BCUT2D eigenvalue weighted by Gasteiger charge is 2.08. The zero-order valence-corrected chi connectivity index (χ0v) is 17.0. The van der Waals surface area contributed by atoms with Crippen molar-refractivity contribution in [1.29, 1.82) is 0 Å². The smallest absolute Gasteiger partial charge is 0.251 e. The lowest BCUT2D eigenvalue weighted by Crippen LogP contribution is -2.23. The minimum atomic E-state index is -0.184. The number of aromatic nitrogens is 2. The lowest BCUT2D eigenvalue weighted by Gasteiger charge is -2.08. The third-order valence-corrected chi connectivity index (χ3v) is 4.63. The van der Waals surface area contributed by atoms with E-state index in [1.54, 1.807) is 31.4 Å². The second-order valence-electron chi connectivity index (χ2n) is 6.75. The van der Waals surface area contributed by atoms with Gasteiger partial charge in [0, 0.05) is 11.1 Å². The van der Waals surface area contributed by atoms with Crippen LogP contribution in [0.4, 0.5) is 0 Å². The van der Waals surface area contributed by atoms with Crippen LogP contribution in [-0.4, -0.2) is 23.0 Å². The van der Waals surface area contributed by atoms with Gasteiger partial charge in [-0.05, 0) is 66.7 Å². The molecule has 0 aliphatic rings. The van der Waals surface area contributed by atoms with E-state index in [1.165, 1.54) is 6.33 Å². The van der Waals surface area contributed by atoms with Gasteiger partial charge in [0.15, 0.2) is 0 Å². The number of carbonyl (C=O) groups is 1. The Morgan fingerprint density at radius 1 is 0.839 bits per heavy atom. The highest BCUT2D eigenvalue weighted by atomic mass is 16.5. The second-order valence-corrected chi connectivity index (χ2v) is 6.75. The molecule has 1 amide bonds. The molecule has 4 aromatic rings. The maximum absolute atomic E-state index is 12.5. The molecular weight excluding hydrogens is 390 g/mol. The van der Waals surface area contributed by atoms with Crippen molar-refractivity contribution in [3.63, 3.8) is 0 Å². The van der Waals surface area contributed by atoms with E-state index in [0.29, 0.717) is 17.9 Å². The Hall–Kier alpha value is -4.19. The third-order valence-electron chi connectivity index (χ3n) is 4.63. The molecular formula is C25H21N3O3. The lowest BCUT2D eigenvalue weighted by molar-refractivity contribution is 0.0950. The van der Waals surface area contributed by atoms with Gasteiger partial charge in [-0.25, -0.2) is 9.97 Å². The van der Waals surface area contributed by atoms with E-state index in [1.807, 2.05) is 60.7 Å². The van der Waals surface area contributed by atoms with E-state index in [0.717, 1.165) is 28.5 Å². The standard InChI is InChI=1S/C25H21N3O3/c1-30-21-11-7-18(8-12-21)24-15-20(27-17-28-24)16-26-25(29)19-9-13-23(14-10-19)31-22-5-3-2-4-6-22/h2-15,17H,16H2,1H3,(H,26,29). The molecule has 0 unspecified atom stereocenters. The third kappa shape index (κ3) is 5.25. The molecule has 1 heterocycles. The van der Waals surface area contributed by atoms with Crippen molar-refractivity contribution >= 4 is 5.91 Å². The SMILES string of the molecule is COc1ccc(-c2cc(CNC(=O)c3ccc(Oc4ccccc4)cc3)ncn2)cc1. The van der Waals surface area contributed by atoms with Crippen molar-refractivity contribution in [2.24, 2.45) is 0 Å². The Morgan fingerprint density at radius 2 is 1.52 bits per heavy atom. The summed E-state index contributed by atoms with van der Waals surface area (Å²) in [5, 5.41) is 2.89. The zero-order chi connectivity index (χ0) is 21.5.